The molecule has 1 heterocycles. The third-order valence-electron chi connectivity index (χ3n) is 3.73. The van der Waals surface area contributed by atoms with Crippen molar-refractivity contribution in [3.63, 3.8) is 0 Å². The van der Waals surface area contributed by atoms with Gasteiger partial charge in [0.15, 0.2) is 0 Å². The Morgan fingerprint density at radius 3 is 2.56 bits per heavy atom. The van der Waals surface area contributed by atoms with Crippen LogP contribution in [0.3, 0.4) is 0 Å². The number of benzene rings is 1. The minimum Gasteiger partial charge on any atom is -0.493 e. The molecule has 0 spiro atoms. The molecule has 25 heavy (non-hydrogen) atoms. The van der Waals surface area contributed by atoms with Crippen molar-refractivity contribution in [3.05, 3.63) is 23.8 Å². The summed E-state index contributed by atoms with van der Waals surface area (Å²) in [5.74, 6) is -0.546. The summed E-state index contributed by atoms with van der Waals surface area (Å²) in [5, 5.41) is 3.05. The first kappa shape index (κ1) is 19.4. The Balaban J connectivity index is 2.03. The molecule has 1 aliphatic heterocycles. The molecule has 1 aliphatic rings. The largest absolute Gasteiger partial charge is 0.493 e. The molecule has 2 rings (SSSR count). The number of carbonyl (C=O) groups is 1. The van der Waals surface area contributed by atoms with E-state index in [1.807, 2.05) is 0 Å². The molecule has 2 unspecified atom stereocenters. The fraction of sp³-hybridized carbons (Fsp3) is 0.588. The minimum atomic E-state index is -4.50. The molecule has 140 valence electrons. The highest BCUT2D eigenvalue weighted by molar-refractivity contribution is 5.77. The second-order valence-electron chi connectivity index (χ2n) is 7.11. The fourth-order valence-corrected chi connectivity index (χ4v) is 2.65. The zero-order valence-corrected chi connectivity index (χ0v) is 14.4. The average molecular weight is 360 g/mol. The fourth-order valence-electron chi connectivity index (χ4n) is 2.65. The van der Waals surface area contributed by atoms with Crippen LogP contribution in [0.4, 0.5) is 18.9 Å². The third-order valence-corrected chi connectivity index (χ3v) is 3.73. The van der Waals surface area contributed by atoms with Gasteiger partial charge in [0.2, 0.25) is 0 Å². The molecule has 1 aromatic rings. The van der Waals surface area contributed by atoms with Crippen LogP contribution >= 0.6 is 0 Å². The van der Waals surface area contributed by atoms with Gasteiger partial charge in [-0.25, -0.2) is 0 Å². The van der Waals surface area contributed by atoms with Gasteiger partial charge in [-0.15, -0.1) is 0 Å². The number of halogens is 3. The van der Waals surface area contributed by atoms with E-state index >= 15 is 0 Å². The Bertz CT molecular complexity index is 627. The van der Waals surface area contributed by atoms with Gasteiger partial charge in [0.1, 0.15) is 17.4 Å². The van der Waals surface area contributed by atoms with Crippen LogP contribution in [0, 0.1) is 5.92 Å². The molecule has 1 saturated heterocycles. The van der Waals surface area contributed by atoms with Gasteiger partial charge < -0.3 is 20.5 Å². The molecule has 0 bridgehead atoms. The molecule has 0 aromatic heterocycles. The molecule has 8 heteroatoms. The summed E-state index contributed by atoms with van der Waals surface area (Å²) < 4.78 is 49.3. The van der Waals surface area contributed by atoms with E-state index in [1.54, 1.807) is 20.8 Å². The van der Waals surface area contributed by atoms with E-state index in [0.29, 0.717) is 13.0 Å². The van der Waals surface area contributed by atoms with Crippen LogP contribution in [0.1, 0.15) is 32.8 Å². The smallest absolute Gasteiger partial charge is 0.416 e. The molecular formula is C17H23F3N2O3. The molecule has 3 N–H and O–H groups in total. The number of carbonyl (C=O) groups excluding carboxylic acids is 1. The number of hydrogen-bond acceptors (Lipinski definition) is 5. The lowest BCUT2D eigenvalue weighted by Gasteiger charge is -2.25. The number of rotatable bonds is 4. The maximum Gasteiger partial charge on any atom is 0.416 e. The average Bonchev–Trinajstić information content (AvgIpc) is 2.90. The zero-order chi connectivity index (χ0) is 18.8. The molecule has 2 atom stereocenters. The van der Waals surface area contributed by atoms with Gasteiger partial charge >= 0.3 is 12.1 Å². The van der Waals surface area contributed by atoms with Crippen LogP contribution in [0.2, 0.25) is 0 Å². The Hall–Kier alpha value is -1.96. The zero-order valence-electron chi connectivity index (χ0n) is 14.4. The van der Waals surface area contributed by atoms with Gasteiger partial charge in [0.25, 0.3) is 0 Å². The van der Waals surface area contributed by atoms with Crippen molar-refractivity contribution in [2.24, 2.45) is 5.92 Å². The SMILES string of the molecule is CC(C)(C)OC(=O)C1NCCC1COc1cc(N)cc(C(F)(F)F)c1. The summed E-state index contributed by atoms with van der Waals surface area (Å²) in [6.45, 7) is 6.03. The van der Waals surface area contributed by atoms with Crippen LogP contribution in [0.15, 0.2) is 18.2 Å². The van der Waals surface area contributed by atoms with E-state index in [9.17, 15) is 18.0 Å². The van der Waals surface area contributed by atoms with Crippen molar-refractivity contribution < 1.29 is 27.4 Å². The van der Waals surface area contributed by atoms with E-state index in [-0.39, 0.29) is 29.9 Å². The standard InChI is InChI=1S/C17H23F3N2O3/c1-16(2,3)25-15(23)14-10(4-5-22-14)9-24-13-7-11(17(18,19)20)6-12(21)8-13/h6-8,10,14,22H,4-5,9,21H2,1-3H3. The van der Waals surface area contributed by atoms with E-state index in [4.69, 9.17) is 15.2 Å². The number of nitrogens with two attached hydrogens (primary N) is 1. The lowest BCUT2D eigenvalue weighted by atomic mass is 10.0. The monoisotopic (exact) mass is 360 g/mol. The number of nitrogen functional groups attached to an aromatic ring is 1. The second kappa shape index (κ2) is 7.11. The normalized spacial score (nSPS) is 21.2. The first-order valence-electron chi connectivity index (χ1n) is 8.02. The topological polar surface area (TPSA) is 73.6 Å². The van der Waals surface area contributed by atoms with Crippen LogP contribution < -0.4 is 15.8 Å². The van der Waals surface area contributed by atoms with Crippen molar-refractivity contribution >= 4 is 11.7 Å². The molecule has 0 saturated carbocycles. The highest BCUT2D eigenvalue weighted by atomic mass is 19.4. The highest BCUT2D eigenvalue weighted by Gasteiger charge is 2.36. The summed E-state index contributed by atoms with van der Waals surface area (Å²) in [6, 6.07) is 2.55. The quantitative estimate of drug-likeness (QED) is 0.638. The molecule has 1 fully saturated rings. The Morgan fingerprint density at radius 2 is 1.96 bits per heavy atom. The number of esters is 1. The number of alkyl halides is 3. The van der Waals surface area contributed by atoms with Gasteiger partial charge in [0.05, 0.1) is 12.2 Å². The van der Waals surface area contributed by atoms with Crippen molar-refractivity contribution in [3.8, 4) is 5.75 Å². The lowest BCUT2D eigenvalue weighted by molar-refractivity contribution is -0.158. The summed E-state index contributed by atoms with van der Waals surface area (Å²) in [4.78, 5) is 12.2. The van der Waals surface area contributed by atoms with E-state index in [2.05, 4.69) is 5.32 Å². The van der Waals surface area contributed by atoms with Crippen LogP contribution in [-0.2, 0) is 15.7 Å². The number of nitrogens with one attached hydrogen (secondary N) is 1. The maximum atomic E-state index is 12.8. The van der Waals surface area contributed by atoms with Gasteiger partial charge in [-0.3, -0.25) is 4.79 Å². The van der Waals surface area contributed by atoms with Crippen molar-refractivity contribution in [1.82, 2.24) is 5.32 Å². The third kappa shape index (κ3) is 5.52. The summed E-state index contributed by atoms with van der Waals surface area (Å²) in [6.07, 6.45) is -3.83. The number of hydrogen-bond donors (Lipinski definition) is 2. The van der Waals surface area contributed by atoms with Crippen LogP contribution in [0.5, 0.6) is 5.75 Å². The van der Waals surface area contributed by atoms with E-state index in [0.717, 1.165) is 12.1 Å². The minimum absolute atomic E-state index is 0.0296. The molecule has 0 aliphatic carbocycles. The van der Waals surface area contributed by atoms with E-state index in [1.165, 1.54) is 6.07 Å². The Labute approximate surface area is 144 Å². The lowest BCUT2D eigenvalue weighted by Crippen LogP contribution is -2.42. The van der Waals surface area contributed by atoms with Crippen molar-refractivity contribution in [1.29, 1.82) is 0 Å². The predicted octanol–water partition coefficient (Wildman–Crippen LogP) is 2.99. The van der Waals surface area contributed by atoms with Crippen molar-refractivity contribution in [2.75, 3.05) is 18.9 Å². The predicted molar refractivity (Wildman–Crippen MR) is 87.1 cm³/mol. The van der Waals surface area contributed by atoms with E-state index < -0.39 is 23.4 Å². The first-order chi connectivity index (χ1) is 11.5. The van der Waals surface area contributed by atoms with Crippen molar-refractivity contribution in [2.45, 2.75) is 45.0 Å². The number of anilines is 1. The highest BCUT2D eigenvalue weighted by Crippen LogP contribution is 2.33. The van der Waals surface area contributed by atoms with Gasteiger partial charge in [-0.2, -0.15) is 13.2 Å². The summed E-state index contributed by atoms with van der Waals surface area (Å²) >= 11 is 0. The van der Waals surface area contributed by atoms with Gasteiger partial charge in [0, 0.05) is 17.7 Å². The Kier molecular flexibility index (Phi) is 5.51. The van der Waals surface area contributed by atoms with Gasteiger partial charge in [-0.1, -0.05) is 0 Å². The summed E-state index contributed by atoms with van der Waals surface area (Å²) in [7, 11) is 0. The first-order valence-corrected chi connectivity index (χ1v) is 8.02. The summed E-state index contributed by atoms with van der Waals surface area (Å²) in [5.41, 5.74) is 4.01. The van der Waals surface area contributed by atoms with Crippen LogP contribution in [0.25, 0.3) is 0 Å². The maximum absolute atomic E-state index is 12.8. The Morgan fingerprint density at radius 1 is 1.28 bits per heavy atom. The molecule has 0 radical (unpaired) electrons. The molecule has 0 amide bonds. The molecular weight excluding hydrogens is 337 g/mol. The van der Waals surface area contributed by atoms with Gasteiger partial charge in [-0.05, 0) is 45.9 Å². The molecule has 1 aromatic carbocycles. The molecule has 5 nitrogen and oxygen atoms in total. The van der Waals surface area contributed by atoms with Crippen LogP contribution in [-0.4, -0.2) is 30.8 Å². The number of ether oxygens (including phenoxy) is 2. The second-order valence-corrected chi connectivity index (χ2v) is 7.11.